The summed E-state index contributed by atoms with van der Waals surface area (Å²) >= 11 is 1.39. The number of aromatic nitrogens is 2. The van der Waals surface area contributed by atoms with Crippen molar-refractivity contribution in [1.29, 1.82) is 0 Å². The predicted molar refractivity (Wildman–Crippen MR) is 73.4 cm³/mol. The van der Waals surface area contributed by atoms with Gasteiger partial charge >= 0.3 is 0 Å². The summed E-state index contributed by atoms with van der Waals surface area (Å²) in [5.41, 5.74) is 1.01. The lowest BCUT2D eigenvalue weighted by Gasteiger charge is -2.06. The van der Waals surface area contributed by atoms with Gasteiger partial charge in [0.05, 0.1) is 0 Å². The minimum Gasteiger partial charge on any atom is -0.300 e. The minimum atomic E-state index is -0.00624. The number of hydrogen-bond acceptors (Lipinski definition) is 4. The molecule has 0 saturated heterocycles. The molecule has 94 valence electrons. The first-order valence-electron chi connectivity index (χ1n) is 5.90. The lowest BCUT2D eigenvalue weighted by Crippen LogP contribution is -2.19. The Kier molecular flexibility index (Phi) is 4.04. The Hall–Kier alpha value is -1.75. The molecule has 0 fully saturated rings. The van der Waals surface area contributed by atoms with E-state index in [1.165, 1.54) is 11.3 Å². The summed E-state index contributed by atoms with van der Waals surface area (Å²) in [5.74, 6) is -0.0117. The average Bonchev–Trinajstić information content (AvgIpc) is 2.87. The smallest absolute Gasteiger partial charge is 0.229 e. The van der Waals surface area contributed by atoms with Crippen molar-refractivity contribution in [3.8, 4) is 10.6 Å². The van der Waals surface area contributed by atoms with E-state index in [1.54, 1.807) is 0 Å². The lowest BCUT2D eigenvalue weighted by atomic mass is 10.1. The molecule has 1 N–H and O–H groups in total. The van der Waals surface area contributed by atoms with Crippen LogP contribution in [0.4, 0.5) is 5.13 Å². The van der Waals surface area contributed by atoms with Crippen LogP contribution >= 0.6 is 11.3 Å². The third-order valence-electron chi connectivity index (χ3n) is 2.74. The van der Waals surface area contributed by atoms with Crippen LogP contribution in [0.2, 0.25) is 0 Å². The molecule has 1 atom stereocenters. The first kappa shape index (κ1) is 12.7. The van der Waals surface area contributed by atoms with Gasteiger partial charge in [-0.05, 0) is 6.42 Å². The van der Waals surface area contributed by atoms with Gasteiger partial charge in [-0.1, -0.05) is 55.5 Å². The normalized spacial score (nSPS) is 12.1. The van der Waals surface area contributed by atoms with Gasteiger partial charge in [0.2, 0.25) is 11.0 Å². The Balaban J connectivity index is 2.10. The van der Waals surface area contributed by atoms with Crippen LogP contribution in [-0.4, -0.2) is 16.1 Å². The number of amides is 1. The minimum absolute atomic E-state index is 0.00549. The largest absolute Gasteiger partial charge is 0.300 e. The Bertz CT molecular complexity index is 524. The number of benzene rings is 1. The van der Waals surface area contributed by atoms with Crippen molar-refractivity contribution in [1.82, 2.24) is 10.2 Å². The molecule has 4 nitrogen and oxygen atoms in total. The van der Waals surface area contributed by atoms with E-state index < -0.39 is 0 Å². The van der Waals surface area contributed by atoms with Gasteiger partial charge in [0, 0.05) is 11.5 Å². The average molecular weight is 261 g/mol. The van der Waals surface area contributed by atoms with Crippen LogP contribution in [0.25, 0.3) is 10.6 Å². The van der Waals surface area contributed by atoms with E-state index >= 15 is 0 Å². The molecule has 0 bridgehead atoms. The van der Waals surface area contributed by atoms with Crippen molar-refractivity contribution < 1.29 is 4.79 Å². The standard InChI is InChI=1S/C13H15N3OS/c1-3-9(2)11(17)14-13-16-15-12(18-13)10-7-5-4-6-8-10/h4-9H,3H2,1-2H3,(H,14,16,17)/t9-/m1/s1. The Morgan fingerprint density at radius 2 is 2.06 bits per heavy atom. The molecule has 1 heterocycles. The van der Waals surface area contributed by atoms with Gasteiger partial charge in [-0.15, -0.1) is 10.2 Å². The number of carbonyl (C=O) groups excluding carboxylic acids is 1. The molecule has 0 saturated carbocycles. The highest BCUT2D eigenvalue weighted by molar-refractivity contribution is 7.18. The SMILES string of the molecule is CC[C@@H](C)C(=O)Nc1nnc(-c2ccccc2)s1. The Morgan fingerprint density at radius 1 is 1.33 bits per heavy atom. The molecular formula is C13H15N3OS. The molecule has 1 aromatic carbocycles. The van der Waals surface area contributed by atoms with Crippen molar-refractivity contribution in [2.45, 2.75) is 20.3 Å². The zero-order chi connectivity index (χ0) is 13.0. The summed E-state index contributed by atoms with van der Waals surface area (Å²) in [4.78, 5) is 11.7. The molecule has 0 radical (unpaired) electrons. The topological polar surface area (TPSA) is 54.9 Å². The Labute approximate surface area is 110 Å². The van der Waals surface area contributed by atoms with E-state index in [-0.39, 0.29) is 11.8 Å². The first-order chi connectivity index (χ1) is 8.70. The third kappa shape index (κ3) is 2.92. The molecule has 0 aliphatic heterocycles. The second kappa shape index (κ2) is 5.73. The van der Waals surface area contributed by atoms with Gasteiger partial charge in [0.1, 0.15) is 5.01 Å². The lowest BCUT2D eigenvalue weighted by molar-refractivity contribution is -0.119. The van der Waals surface area contributed by atoms with Gasteiger partial charge in [0.15, 0.2) is 0 Å². The number of rotatable bonds is 4. The van der Waals surface area contributed by atoms with E-state index in [1.807, 2.05) is 44.2 Å². The van der Waals surface area contributed by atoms with Crippen LogP contribution in [0, 0.1) is 5.92 Å². The second-order valence-corrected chi connectivity index (χ2v) is 5.05. The van der Waals surface area contributed by atoms with Gasteiger partial charge in [-0.25, -0.2) is 0 Å². The van der Waals surface area contributed by atoms with Crippen LogP contribution in [0.3, 0.4) is 0 Å². The van der Waals surface area contributed by atoms with Gasteiger partial charge in [0.25, 0.3) is 0 Å². The van der Waals surface area contributed by atoms with E-state index in [2.05, 4.69) is 15.5 Å². The molecule has 5 heteroatoms. The summed E-state index contributed by atoms with van der Waals surface area (Å²) in [6, 6.07) is 9.81. The van der Waals surface area contributed by atoms with Crippen LogP contribution in [-0.2, 0) is 4.79 Å². The van der Waals surface area contributed by atoms with Crippen molar-refractivity contribution in [3.05, 3.63) is 30.3 Å². The van der Waals surface area contributed by atoms with E-state index in [0.717, 1.165) is 17.0 Å². The summed E-state index contributed by atoms with van der Waals surface area (Å²) in [6.45, 7) is 3.88. The summed E-state index contributed by atoms with van der Waals surface area (Å²) in [7, 11) is 0. The van der Waals surface area contributed by atoms with Crippen LogP contribution in [0.1, 0.15) is 20.3 Å². The highest BCUT2D eigenvalue weighted by Gasteiger charge is 2.13. The maximum atomic E-state index is 11.7. The van der Waals surface area contributed by atoms with Crippen LogP contribution in [0.15, 0.2) is 30.3 Å². The quantitative estimate of drug-likeness (QED) is 0.919. The highest BCUT2D eigenvalue weighted by Crippen LogP contribution is 2.26. The molecule has 0 aliphatic rings. The number of hydrogen-bond donors (Lipinski definition) is 1. The Morgan fingerprint density at radius 3 is 2.72 bits per heavy atom. The molecule has 2 rings (SSSR count). The second-order valence-electron chi connectivity index (χ2n) is 4.08. The fourth-order valence-electron chi connectivity index (χ4n) is 1.39. The molecule has 0 aliphatic carbocycles. The maximum Gasteiger partial charge on any atom is 0.229 e. The molecule has 18 heavy (non-hydrogen) atoms. The fourth-order valence-corrected chi connectivity index (χ4v) is 2.14. The van der Waals surface area contributed by atoms with Crippen molar-refractivity contribution >= 4 is 22.4 Å². The van der Waals surface area contributed by atoms with Crippen LogP contribution in [0.5, 0.6) is 0 Å². The summed E-state index contributed by atoms with van der Waals surface area (Å²) in [5, 5.41) is 12.2. The molecule has 1 amide bonds. The number of anilines is 1. The van der Waals surface area contributed by atoms with Crippen LogP contribution < -0.4 is 5.32 Å². The van der Waals surface area contributed by atoms with Gasteiger partial charge in [-0.2, -0.15) is 0 Å². The zero-order valence-electron chi connectivity index (χ0n) is 10.4. The van der Waals surface area contributed by atoms with Crippen molar-refractivity contribution in [2.75, 3.05) is 5.32 Å². The number of carbonyl (C=O) groups is 1. The number of nitrogens with one attached hydrogen (secondary N) is 1. The summed E-state index contributed by atoms with van der Waals surface area (Å²) in [6.07, 6.45) is 0.816. The molecule has 2 aromatic rings. The van der Waals surface area contributed by atoms with E-state index in [9.17, 15) is 4.79 Å². The predicted octanol–water partition coefficient (Wildman–Crippen LogP) is 3.19. The molecular weight excluding hydrogens is 246 g/mol. The van der Waals surface area contributed by atoms with Gasteiger partial charge < -0.3 is 5.32 Å². The van der Waals surface area contributed by atoms with Gasteiger partial charge in [-0.3, -0.25) is 4.79 Å². The third-order valence-corrected chi connectivity index (χ3v) is 3.62. The van der Waals surface area contributed by atoms with Crippen molar-refractivity contribution in [3.63, 3.8) is 0 Å². The molecule has 0 unspecified atom stereocenters. The summed E-state index contributed by atoms with van der Waals surface area (Å²) < 4.78 is 0. The highest BCUT2D eigenvalue weighted by atomic mass is 32.1. The van der Waals surface area contributed by atoms with E-state index in [0.29, 0.717) is 5.13 Å². The molecule has 1 aromatic heterocycles. The number of nitrogens with zero attached hydrogens (tertiary/aromatic N) is 2. The first-order valence-corrected chi connectivity index (χ1v) is 6.72. The fraction of sp³-hybridized carbons (Fsp3) is 0.308. The molecule has 0 spiro atoms. The monoisotopic (exact) mass is 261 g/mol. The van der Waals surface area contributed by atoms with Crippen molar-refractivity contribution in [2.24, 2.45) is 5.92 Å². The van der Waals surface area contributed by atoms with E-state index in [4.69, 9.17) is 0 Å². The maximum absolute atomic E-state index is 11.7. The zero-order valence-corrected chi connectivity index (χ0v) is 11.2.